The molecule has 0 spiro atoms. The van der Waals surface area contributed by atoms with E-state index >= 15 is 0 Å². The molecule has 1 fully saturated rings. The summed E-state index contributed by atoms with van der Waals surface area (Å²) >= 11 is 1.60. The summed E-state index contributed by atoms with van der Waals surface area (Å²) in [5, 5.41) is 11.0. The topological polar surface area (TPSA) is 117 Å². The van der Waals surface area contributed by atoms with Gasteiger partial charge in [0.2, 0.25) is 17.7 Å². The molecule has 10 heteroatoms. The molecular weight excluding hydrogens is 552 g/mol. The van der Waals surface area contributed by atoms with Crippen molar-refractivity contribution in [1.82, 2.24) is 20.9 Å². The average molecular weight is 599 g/mol. The summed E-state index contributed by atoms with van der Waals surface area (Å²) in [7, 11) is 0. The molecule has 0 saturated carbocycles. The second-order valence-electron chi connectivity index (χ2n) is 11.4. The van der Waals surface area contributed by atoms with Gasteiger partial charge in [-0.1, -0.05) is 62.7 Å². The molecule has 230 valence electrons. The minimum atomic E-state index is -0.734. The molecule has 1 aliphatic heterocycles. The largest absolute Gasteiger partial charge is 0.461 e. The van der Waals surface area contributed by atoms with Gasteiger partial charge < -0.3 is 20.7 Å². The first-order valence-corrected chi connectivity index (χ1v) is 16.3. The fraction of sp³-hybridized carbons (Fsp3) is 0.562. The van der Waals surface area contributed by atoms with Crippen LogP contribution in [0.2, 0.25) is 0 Å². The number of carbonyl (C=O) groups is 4. The second kappa shape index (κ2) is 16.5. The van der Waals surface area contributed by atoms with Gasteiger partial charge in [-0.3, -0.25) is 19.3 Å². The van der Waals surface area contributed by atoms with Crippen LogP contribution in [0.3, 0.4) is 0 Å². The maximum absolute atomic E-state index is 13.5. The highest BCUT2D eigenvalue weighted by Crippen LogP contribution is 2.21. The first-order chi connectivity index (χ1) is 20.1. The Hall–Kier alpha value is -3.11. The zero-order valence-corrected chi connectivity index (χ0v) is 26.3. The van der Waals surface area contributed by atoms with Crippen LogP contribution in [0.5, 0.6) is 0 Å². The molecule has 1 saturated heterocycles. The van der Waals surface area contributed by atoms with Crippen LogP contribution in [0.4, 0.5) is 0 Å². The van der Waals surface area contributed by atoms with Gasteiger partial charge in [-0.2, -0.15) is 11.8 Å². The number of rotatable bonds is 16. The van der Waals surface area contributed by atoms with Crippen LogP contribution in [0.1, 0.15) is 58.9 Å². The third-order valence-corrected chi connectivity index (χ3v) is 8.29. The number of fused-ring (bicyclic) bond motifs is 1. The summed E-state index contributed by atoms with van der Waals surface area (Å²) in [5.41, 5.74) is 1.07. The van der Waals surface area contributed by atoms with E-state index in [0.717, 1.165) is 22.8 Å². The van der Waals surface area contributed by atoms with Crippen LogP contribution in [-0.2, 0) is 30.5 Å². The fourth-order valence-electron chi connectivity index (χ4n) is 5.12. The van der Waals surface area contributed by atoms with E-state index in [1.165, 1.54) is 0 Å². The molecule has 3 amide bonds. The molecule has 3 rings (SSSR count). The molecule has 0 aromatic heterocycles. The maximum Gasteiger partial charge on any atom is 0.328 e. The van der Waals surface area contributed by atoms with Crippen molar-refractivity contribution in [1.29, 1.82) is 0 Å². The number of thioether (sulfide) groups is 1. The number of ether oxygens (including phenoxy) is 1. The number of amides is 3. The molecule has 0 unspecified atom stereocenters. The van der Waals surface area contributed by atoms with E-state index in [0.29, 0.717) is 38.1 Å². The molecule has 3 N–H and O–H groups in total. The molecule has 1 heterocycles. The predicted octanol–water partition coefficient (Wildman–Crippen LogP) is 3.64. The van der Waals surface area contributed by atoms with Crippen molar-refractivity contribution >= 4 is 46.2 Å². The minimum absolute atomic E-state index is 0.0386. The Morgan fingerprint density at radius 1 is 1.10 bits per heavy atom. The zero-order chi connectivity index (χ0) is 30.6. The van der Waals surface area contributed by atoms with E-state index in [2.05, 4.69) is 54.1 Å². The van der Waals surface area contributed by atoms with Crippen molar-refractivity contribution in [3.05, 3.63) is 48.0 Å². The maximum atomic E-state index is 13.5. The fourth-order valence-corrected chi connectivity index (χ4v) is 5.59. The van der Waals surface area contributed by atoms with E-state index < -0.39 is 18.1 Å². The third-order valence-electron chi connectivity index (χ3n) is 7.65. The van der Waals surface area contributed by atoms with Crippen molar-refractivity contribution < 1.29 is 23.9 Å². The highest BCUT2D eigenvalue weighted by atomic mass is 32.2. The van der Waals surface area contributed by atoms with Crippen LogP contribution in [-0.4, -0.2) is 77.9 Å². The molecule has 2 aromatic rings. The molecule has 0 radical (unpaired) electrons. The van der Waals surface area contributed by atoms with Crippen LogP contribution >= 0.6 is 11.8 Å². The van der Waals surface area contributed by atoms with Gasteiger partial charge in [0.05, 0.1) is 12.6 Å². The minimum Gasteiger partial charge on any atom is -0.461 e. The van der Waals surface area contributed by atoms with Gasteiger partial charge in [0, 0.05) is 25.6 Å². The Labute approximate surface area is 253 Å². The van der Waals surface area contributed by atoms with Crippen LogP contribution < -0.4 is 16.0 Å². The Morgan fingerprint density at radius 2 is 1.83 bits per heavy atom. The van der Waals surface area contributed by atoms with Gasteiger partial charge in [0.1, 0.15) is 12.1 Å². The summed E-state index contributed by atoms with van der Waals surface area (Å²) in [6.45, 7) is 8.66. The lowest BCUT2D eigenvalue weighted by molar-refractivity contribution is -0.151. The average Bonchev–Trinajstić information content (AvgIpc) is 3.40. The van der Waals surface area contributed by atoms with Gasteiger partial charge in [-0.05, 0) is 61.0 Å². The standard InChI is InChI=1S/C32H46N4O5S/c1-6-22(4)28(35-31(39)26-14-15-29(37)33-26)19-36(18-24-12-9-11-23-10-7-8-13-25(23)24)20-30(38)34-27(16-17-42-5)32(40)41-21(2)3/h7-13,21-22,26-28H,6,14-20H2,1-5H3,(H,33,37)(H,34,38)(H,35,39)/t22-,26-,27-,28+/m0/s1. The SMILES string of the molecule is CC[C@H](C)[C@@H](CN(CC(=O)N[C@@H](CCSC)C(=O)OC(C)C)Cc1cccc2ccccc12)NC(=O)[C@@H]1CCC(=O)N1. The molecule has 0 bridgehead atoms. The van der Waals surface area contributed by atoms with E-state index in [1.807, 2.05) is 29.4 Å². The highest BCUT2D eigenvalue weighted by molar-refractivity contribution is 7.98. The first-order valence-electron chi connectivity index (χ1n) is 14.9. The highest BCUT2D eigenvalue weighted by Gasteiger charge is 2.31. The van der Waals surface area contributed by atoms with E-state index in [4.69, 9.17) is 4.74 Å². The molecule has 1 aliphatic rings. The van der Waals surface area contributed by atoms with Gasteiger partial charge in [0.25, 0.3) is 0 Å². The second-order valence-corrected chi connectivity index (χ2v) is 12.3. The first kappa shape index (κ1) is 33.4. The van der Waals surface area contributed by atoms with Crippen molar-refractivity contribution in [3.8, 4) is 0 Å². The van der Waals surface area contributed by atoms with Gasteiger partial charge in [-0.25, -0.2) is 4.79 Å². The van der Waals surface area contributed by atoms with Crippen LogP contribution in [0.25, 0.3) is 10.8 Å². The Balaban J connectivity index is 1.84. The smallest absolute Gasteiger partial charge is 0.328 e. The molecular formula is C32H46N4O5S. The number of nitrogens with zero attached hydrogens (tertiary/aromatic N) is 1. The van der Waals surface area contributed by atoms with Gasteiger partial charge in [-0.15, -0.1) is 0 Å². The van der Waals surface area contributed by atoms with Crippen LogP contribution in [0, 0.1) is 5.92 Å². The molecule has 42 heavy (non-hydrogen) atoms. The number of nitrogens with one attached hydrogen (secondary N) is 3. The normalized spacial score (nSPS) is 17.1. The van der Waals surface area contributed by atoms with Crippen molar-refractivity contribution in [2.75, 3.05) is 25.1 Å². The Bertz CT molecular complexity index is 1220. The Morgan fingerprint density at radius 3 is 2.50 bits per heavy atom. The number of hydrogen-bond donors (Lipinski definition) is 3. The van der Waals surface area contributed by atoms with Crippen LogP contribution in [0.15, 0.2) is 42.5 Å². The van der Waals surface area contributed by atoms with Gasteiger partial charge in [0.15, 0.2) is 0 Å². The summed E-state index contributed by atoms with van der Waals surface area (Å²) in [6, 6.07) is 12.7. The number of esters is 1. The van der Waals surface area contributed by atoms with Crippen molar-refractivity contribution in [3.63, 3.8) is 0 Å². The van der Waals surface area contributed by atoms with E-state index in [-0.39, 0.29) is 42.3 Å². The van der Waals surface area contributed by atoms with Crippen molar-refractivity contribution in [2.45, 2.75) is 84.2 Å². The lowest BCUT2D eigenvalue weighted by Crippen LogP contribution is -2.53. The monoisotopic (exact) mass is 598 g/mol. The third kappa shape index (κ3) is 10.0. The number of benzene rings is 2. The summed E-state index contributed by atoms with van der Waals surface area (Å²) < 4.78 is 5.42. The summed E-state index contributed by atoms with van der Waals surface area (Å²) in [5.74, 6) is -0.196. The van der Waals surface area contributed by atoms with Gasteiger partial charge >= 0.3 is 5.97 Å². The molecule has 2 aromatic carbocycles. The lowest BCUT2D eigenvalue weighted by atomic mass is 9.97. The molecule has 4 atom stereocenters. The Kier molecular flexibility index (Phi) is 13.1. The number of hydrogen-bond acceptors (Lipinski definition) is 7. The zero-order valence-electron chi connectivity index (χ0n) is 25.5. The summed E-state index contributed by atoms with van der Waals surface area (Å²) in [4.78, 5) is 53.1. The predicted molar refractivity (Wildman–Crippen MR) is 168 cm³/mol. The molecule has 9 nitrogen and oxygen atoms in total. The quantitative estimate of drug-likeness (QED) is 0.253. The van der Waals surface area contributed by atoms with E-state index in [1.54, 1.807) is 25.6 Å². The van der Waals surface area contributed by atoms with Crippen molar-refractivity contribution in [2.24, 2.45) is 5.92 Å². The number of carbonyl (C=O) groups excluding carboxylic acids is 4. The molecule has 0 aliphatic carbocycles. The lowest BCUT2D eigenvalue weighted by Gasteiger charge is -2.32. The summed E-state index contributed by atoms with van der Waals surface area (Å²) in [6.07, 6.45) is 3.80. The van der Waals surface area contributed by atoms with E-state index in [9.17, 15) is 19.2 Å².